The van der Waals surface area contributed by atoms with E-state index in [4.69, 9.17) is 0 Å². The first-order valence-electron chi connectivity index (χ1n) is 6.29. The number of carbonyl (C=O) groups is 1. The number of nitrogens with zero attached hydrogens (tertiary/aromatic N) is 1. The molecule has 0 fully saturated rings. The molecule has 0 radical (unpaired) electrons. The molecule has 0 aliphatic rings. The van der Waals surface area contributed by atoms with Gasteiger partial charge < -0.3 is 22.2 Å². The molecule has 0 heterocycles. The SMILES string of the molecule is C[N+](C)(C)CCCNC(=O)C=Cc1ccccc1.[Cl-]. The van der Waals surface area contributed by atoms with Gasteiger partial charge in [0.15, 0.2) is 0 Å². The minimum Gasteiger partial charge on any atom is -1.00 e. The van der Waals surface area contributed by atoms with Crippen molar-refractivity contribution >= 4 is 12.0 Å². The molecule has 0 aliphatic carbocycles. The van der Waals surface area contributed by atoms with E-state index in [9.17, 15) is 4.79 Å². The van der Waals surface area contributed by atoms with E-state index in [1.165, 1.54) is 0 Å². The number of hydrogen-bond donors (Lipinski definition) is 1. The maximum Gasteiger partial charge on any atom is 0.244 e. The first-order valence-corrected chi connectivity index (χ1v) is 6.29. The lowest BCUT2D eigenvalue weighted by Gasteiger charge is -2.23. The molecule has 0 unspecified atom stereocenters. The van der Waals surface area contributed by atoms with E-state index in [0.717, 1.165) is 29.6 Å². The van der Waals surface area contributed by atoms with Gasteiger partial charge in [0.2, 0.25) is 5.91 Å². The van der Waals surface area contributed by atoms with Crippen LogP contribution in [0.3, 0.4) is 0 Å². The van der Waals surface area contributed by atoms with Crippen molar-refractivity contribution in [2.24, 2.45) is 0 Å². The fourth-order valence-corrected chi connectivity index (χ4v) is 1.56. The molecule has 1 amide bonds. The average molecular weight is 283 g/mol. The van der Waals surface area contributed by atoms with Crippen molar-refractivity contribution in [3.63, 3.8) is 0 Å². The summed E-state index contributed by atoms with van der Waals surface area (Å²) in [7, 11) is 6.45. The predicted molar refractivity (Wildman–Crippen MR) is 76.0 cm³/mol. The molecule has 0 atom stereocenters. The van der Waals surface area contributed by atoms with Crippen LogP contribution in [0.5, 0.6) is 0 Å². The van der Waals surface area contributed by atoms with Crippen LogP contribution >= 0.6 is 0 Å². The van der Waals surface area contributed by atoms with Crippen molar-refractivity contribution in [3.8, 4) is 0 Å². The zero-order valence-electron chi connectivity index (χ0n) is 11.9. The smallest absolute Gasteiger partial charge is 0.244 e. The van der Waals surface area contributed by atoms with Gasteiger partial charge in [0.1, 0.15) is 0 Å². The van der Waals surface area contributed by atoms with E-state index in [2.05, 4.69) is 26.5 Å². The normalized spacial score (nSPS) is 11.1. The topological polar surface area (TPSA) is 29.1 Å². The zero-order valence-corrected chi connectivity index (χ0v) is 12.7. The van der Waals surface area contributed by atoms with Crippen LogP contribution in [-0.4, -0.2) is 44.6 Å². The van der Waals surface area contributed by atoms with E-state index >= 15 is 0 Å². The fraction of sp³-hybridized carbons (Fsp3) is 0.400. The minimum atomic E-state index is -0.0275. The van der Waals surface area contributed by atoms with Crippen molar-refractivity contribution in [2.45, 2.75) is 6.42 Å². The molecule has 0 bridgehead atoms. The van der Waals surface area contributed by atoms with E-state index in [-0.39, 0.29) is 18.3 Å². The van der Waals surface area contributed by atoms with Gasteiger partial charge in [-0.3, -0.25) is 4.79 Å². The van der Waals surface area contributed by atoms with Crippen LogP contribution < -0.4 is 17.7 Å². The van der Waals surface area contributed by atoms with Crippen molar-refractivity contribution in [1.82, 2.24) is 5.32 Å². The van der Waals surface area contributed by atoms with Crippen LogP contribution in [0.2, 0.25) is 0 Å². The highest BCUT2D eigenvalue weighted by Gasteiger charge is 2.05. The number of hydrogen-bond acceptors (Lipinski definition) is 1. The number of halogens is 1. The summed E-state index contributed by atoms with van der Waals surface area (Å²) in [4.78, 5) is 11.5. The Morgan fingerprint density at radius 1 is 1.21 bits per heavy atom. The first kappa shape index (κ1) is 17.7. The van der Waals surface area contributed by atoms with Gasteiger partial charge in [-0.25, -0.2) is 0 Å². The minimum absolute atomic E-state index is 0. The van der Waals surface area contributed by atoms with Crippen LogP contribution in [0.15, 0.2) is 36.4 Å². The summed E-state index contributed by atoms with van der Waals surface area (Å²) < 4.78 is 0.926. The molecule has 19 heavy (non-hydrogen) atoms. The summed E-state index contributed by atoms with van der Waals surface area (Å²) in [6.07, 6.45) is 4.41. The van der Waals surface area contributed by atoms with Gasteiger partial charge in [0.05, 0.1) is 27.7 Å². The van der Waals surface area contributed by atoms with Gasteiger partial charge in [-0.1, -0.05) is 30.3 Å². The third kappa shape index (κ3) is 9.28. The highest BCUT2D eigenvalue weighted by molar-refractivity contribution is 5.91. The summed E-state index contributed by atoms with van der Waals surface area (Å²) in [6.45, 7) is 1.79. The molecule has 106 valence electrons. The third-order valence-corrected chi connectivity index (χ3v) is 2.53. The Hall–Kier alpha value is -1.32. The van der Waals surface area contributed by atoms with Gasteiger partial charge in [-0.05, 0) is 11.6 Å². The fourth-order valence-electron chi connectivity index (χ4n) is 1.56. The Morgan fingerprint density at radius 3 is 2.42 bits per heavy atom. The van der Waals surface area contributed by atoms with Crippen molar-refractivity contribution in [3.05, 3.63) is 42.0 Å². The summed E-state index contributed by atoms with van der Waals surface area (Å²) >= 11 is 0. The van der Waals surface area contributed by atoms with E-state index in [1.54, 1.807) is 6.08 Å². The van der Waals surface area contributed by atoms with Crippen LogP contribution in [-0.2, 0) is 4.79 Å². The molecular formula is C15H23ClN2O. The Morgan fingerprint density at radius 2 is 1.84 bits per heavy atom. The van der Waals surface area contributed by atoms with Crippen molar-refractivity contribution in [2.75, 3.05) is 34.2 Å². The van der Waals surface area contributed by atoms with Crippen molar-refractivity contribution < 1.29 is 21.7 Å². The molecule has 0 saturated carbocycles. The molecule has 4 heteroatoms. The molecule has 1 rings (SSSR count). The summed E-state index contributed by atoms with van der Waals surface area (Å²) in [6, 6.07) is 9.82. The monoisotopic (exact) mass is 282 g/mol. The Kier molecular flexibility index (Phi) is 8.12. The first-order chi connectivity index (χ1) is 8.47. The summed E-state index contributed by atoms with van der Waals surface area (Å²) in [5.74, 6) is -0.0275. The third-order valence-electron chi connectivity index (χ3n) is 2.53. The van der Waals surface area contributed by atoms with Crippen LogP contribution in [0.1, 0.15) is 12.0 Å². The lowest BCUT2D eigenvalue weighted by molar-refractivity contribution is -0.870. The second-order valence-electron chi connectivity index (χ2n) is 5.40. The molecule has 0 aromatic heterocycles. The Labute approximate surface area is 122 Å². The van der Waals surface area contributed by atoms with Gasteiger partial charge in [-0.15, -0.1) is 0 Å². The van der Waals surface area contributed by atoms with E-state index in [0.29, 0.717) is 0 Å². The number of quaternary nitrogens is 1. The van der Waals surface area contributed by atoms with Crippen LogP contribution in [0, 0.1) is 0 Å². The number of nitrogens with one attached hydrogen (secondary N) is 1. The molecule has 0 spiro atoms. The molecule has 1 aromatic rings. The van der Waals surface area contributed by atoms with Gasteiger partial charge in [0, 0.05) is 19.0 Å². The molecule has 1 aromatic carbocycles. The van der Waals surface area contributed by atoms with E-state index < -0.39 is 0 Å². The molecular weight excluding hydrogens is 260 g/mol. The maximum absolute atomic E-state index is 11.5. The quantitative estimate of drug-likeness (QED) is 0.401. The molecule has 0 aliphatic heterocycles. The van der Waals surface area contributed by atoms with Gasteiger partial charge >= 0.3 is 0 Å². The lowest BCUT2D eigenvalue weighted by atomic mass is 10.2. The van der Waals surface area contributed by atoms with E-state index in [1.807, 2.05) is 36.4 Å². The number of rotatable bonds is 6. The molecule has 3 nitrogen and oxygen atoms in total. The average Bonchev–Trinajstić information content (AvgIpc) is 2.32. The Bertz CT molecular complexity index is 396. The highest BCUT2D eigenvalue weighted by atomic mass is 35.5. The summed E-state index contributed by atoms with van der Waals surface area (Å²) in [5.41, 5.74) is 1.04. The van der Waals surface area contributed by atoms with Crippen LogP contribution in [0.4, 0.5) is 0 Å². The molecule has 0 saturated heterocycles. The summed E-state index contributed by atoms with van der Waals surface area (Å²) in [5, 5.41) is 2.89. The van der Waals surface area contributed by atoms with Gasteiger partial charge in [-0.2, -0.15) is 0 Å². The Balaban J connectivity index is 0.00000324. The second kappa shape index (κ2) is 8.73. The zero-order chi connectivity index (χ0) is 13.4. The standard InChI is InChI=1S/C15H22N2O.ClH/c1-17(2,3)13-7-12-16-15(18)11-10-14-8-5-4-6-9-14;/h4-6,8-11H,7,12-13H2,1-3H3;1H. The second-order valence-corrected chi connectivity index (χ2v) is 5.40. The largest absolute Gasteiger partial charge is 1.00 e. The van der Waals surface area contributed by atoms with Crippen LogP contribution in [0.25, 0.3) is 6.08 Å². The lowest BCUT2D eigenvalue weighted by Crippen LogP contribution is -3.00. The highest BCUT2D eigenvalue weighted by Crippen LogP contribution is 2.00. The van der Waals surface area contributed by atoms with Crippen molar-refractivity contribution in [1.29, 1.82) is 0 Å². The maximum atomic E-state index is 11.5. The van der Waals surface area contributed by atoms with Gasteiger partial charge in [0.25, 0.3) is 0 Å². The molecule has 1 N–H and O–H groups in total. The number of benzene rings is 1. The number of amides is 1. The predicted octanol–water partition coefficient (Wildman–Crippen LogP) is -1.08. The number of carbonyl (C=O) groups excluding carboxylic acids is 1.